The van der Waals surface area contributed by atoms with Gasteiger partial charge in [0, 0.05) is 69.1 Å². The number of hydrogen-bond acceptors (Lipinski definition) is 6. The highest BCUT2D eigenvalue weighted by molar-refractivity contribution is 6.38. The number of carbonyl (C=O) groups excluding carboxylic acids is 1. The number of anilines is 3. The average Bonchev–Trinajstić information content (AvgIpc) is 3.34. The van der Waals surface area contributed by atoms with Crippen LogP contribution in [-0.2, 0) is 11.2 Å². The number of pyridine rings is 2. The first-order valence-electron chi connectivity index (χ1n) is 13.4. The second-order valence-electron chi connectivity index (χ2n) is 9.94. The molecule has 1 aromatic carbocycles. The molecule has 2 aliphatic rings. The topological polar surface area (TPSA) is 69.0 Å². The number of carbonyl (C=O) groups is 1. The van der Waals surface area contributed by atoms with Crippen molar-refractivity contribution >= 4 is 51.9 Å². The lowest BCUT2D eigenvalue weighted by Crippen LogP contribution is -2.50. The van der Waals surface area contributed by atoms with Gasteiger partial charge in [-0.15, -0.1) is 0 Å². The summed E-state index contributed by atoms with van der Waals surface area (Å²) in [6.07, 6.45) is 7.40. The predicted octanol–water partition coefficient (Wildman–Crippen LogP) is 5.24. The molecule has 1 saturated heterocycles. The van der Waals surface area contributed by atoms with Gasteiger partial charge in [0.05, 0.1) is 22.3 Å². The number of nitrogens with zero attached hydrogens (tertiary/aromatic N) is 6. The van der Waals surface area contributed by atoms with E-state index >= 15 is 0 Å². The zero-order valence-corrected chi connectivity index (χ0v) is 23.4. The first kappa shape index (κ1) is 25.8. The molecule has 0 spiro atoms. The quantitative estimate of drug-likeness (QED) is 0.346. The maximum atomic E-state index is 13.3. The fourth-order valence-electron chi connectivity index (χ4n) is 5.67. The van der Waals surface area contributed by atoms with E-state index in [-0.39, 0.29) is 12.5 Å². The van der Waals surface area contributed by atoms with Crippen LogP contribution < -0.4 is 15.1 Å². The van der Waals surface area contributed by atoms with Crippen molar-refractivity contribution in [2.75, 3.05) is 60.9 Å². The molecule has 8 nitrogen and oxygen atoms in total. The van der Waals surface area contributed by atoms with E-state index in [9.17, 15) is 4.79 Å². The van der Waals surface area contributed by atoms with Gasteiger partial charge in [0.1, 0.15) is 17.2 Å². The number of rotatable bonds is 6. The van der Waals surface area contributed by atoms with E-state index in [2.05, 4.69) is 45.2 Å². The third kappa shape index (κ3) is 4.99. The van der Waals surface area contributed by atoms with Crippen LogP contribution in [0.25, 0.3) is 16.9 Å². The highest BCUT2D eigenvalue weighted by Crippen LogP contribution is 2.35. The first-order valence-corrected chi connectivity index (χ1v) is 14.2. The molecule has 202 valence electrons. The van der Waals surface area contributed by atoms with Gasteiger partial charge >= 0.3 is 0 Å². The maximum Gasteiger partial charge on any atom is 0.242 e. The van der Waals surface area contributed by atoms with Gasteiger partial charge in [-0.2, -0.15) is 0 Å². The molecule has 0 atom stereocenters. The van der Waals surface area contributed by atoms with E-state index in [1.807, 2.05) is 33.7 Å². The summed E-state index contributed by atoms with van der Waals surface area (Å²) in [5.74, 6) is 0.874. The Kier molecular flexibility index (Phi) is 7.23. The number of aromatic nitrogens is 3. The van der Waals surface area contributed by atoms with Crippen molar-refractivity contribution in [3.05, 3.63) is 70.6 Å². The summed E-state index contributed by atoms with van der Waals surface area (Å²) in [5, 5.41) is 4.47. The Morgan fingerprint density at radius 1 is 1.03 bits per heavy atom. The molecule has 39 heavy (non-hydrogen) atoms. The minimum atomic E-state index is 0.0439. The summed E-state index contributed by atoms with van der Waals surface area (Å²) in [5.41, 5.74) is 6.21. The van der Waals surface area contributed by atoms with Crippen LogP contribution in [0.1, 0.15) is 18.9 Å². The van der Waals surface area contributed by atoms with Crippen molar-refractivity contribution in [1.29, 1.82) is 0 Å². The number of nitrogens with one attached hydrogen (secondary N) is 1. The zero-order chi connectivity index (χ0) is 26.9. The fourth-order valence-corrected chi connectivity index (χ4v) is 6.28. The van der Waals surface area contributed by atoms with Gasteiger partial charge in [0.2, 0.25) is 5.91 Å². The minimum Gasteiger partial charge on any atom is -0.372 e. The molecule has 1 amide bonds. The van der Waals surface area contributed by atoms with Crippen molar-refractivity contribution in [2.45, 2.75) is 19.8 Å². The highest BCUT2D eigenvalue weighted by atomic mass is 35.5. The number of aryl methyl sites for hydroxylation is 1. The van der Waals surface area contributed by atoms with Gasteiger partial charge in [-0.3, -0.25) is 14.2 Å². The molecule has 0 bridgehead atoms. The molecule has 6 rings (SSSR count). The van der Waals surface area contributed by atoms with Gasteiger partial charge in [0.15, 0.2) is 0 Å². The summed E-state index contributed by atoms with van der Waals surface area (Å²) in [6, 6.07) is 12.6. The van der Waals surface area contributed by atoms with Crippen molar-refractivity contribution in [2.24, 2.45) is 0 Å². The molecule has 0 aliphatic carbocycles. The van der Waals surface area contributed by atoms with Gasteiger partial charge in [-0.1, -0.05) is 35.3 Å². The maximum absolute atomic E-state index is 13.3. The van der Waals surface area contributed by atoms with Gasteiger partial charge < -0.3 is 20.0 Å². The van der Waals surface area contributed by atoms with Crippen LogP contribution in [0.3, 0.4) is 0 Å². The van der Waals surface area contributed by atoms with Gasteiger partial charge in [-0.25, -0.2) is 4.98 Å². The number of fused-ring (bicyclic) bond motifs is 2. The third-order valence-corrected chi connectivity index (χ3v) is 8.22. The molecular weight excluding hydrogens is 533 g/mol. The van der Waals surface area contributed by atoms with E-state index in [4.69, 9.17) is 28.2 Å². The number of hydrogen-bond donors (Lipinski definition) is 1. The predicted molar refractivity (Wildman–Crippen MR) is 158 cm³/mol. The van der Waals surface area contributed by atoms with Crippen molar-refractivity contribution in [3.8, 4) is 11.3 Å². The summed E-state index contributed by atoms with van der Waals surface area (Å²) < 4.78 is 2.02. The molecular formula is C29H31Cl2N7O. The smallest absolute Gasteiger partial charge is 0.242 e. The lowest BCUT2D eigenvalue weighted by molar-refractivity contribution is -0.129. The first-order chi connectivity index (χ1) is 19.0. The summed E-state index contributed by atoms with van der Waals surface area (Å²) in [4.78, 5) is 28.7. The lowest BCUT2D eigenvalue weighted by Gasteiger charge is -2.36. The van der Waals surface area contributed by atoms with Crippen molar-refractivity contribution in [3.63, 3.8) is 0 Å². The van der Waals surface area contributed by atoms with Gasteiger partial charge in [-0.05, 0) is 49.6 Å². The molecule has 2 aliphatic heterocycles. The monoisotopic (exact) mass is 563 g/mol. The van der Waals surface area contributed by atoms with Crippen LogP contribution in [0, 0.1) is 0 Å². The standard InChI is InChI=1S/C29H31Cl2N7O/c1-2-35-10-5-6-20-16-21(8-9-24(20)35)27-29(38-11-4-3-7-25(38)34-27)33-19-26(39)36-12-14-37(15-13-36)28-22(30)17-32-18-23(28)31/h3-4,7-9,11,16-18,33H,2,5-6,10,12-15,19H2,1H3. The van der Waals surface area contributed by atoms with Crippen LogP contribution in [0.4, 0.5) is 17.2 Å². The van der Waals surface area contributed by atoms with Crippen LogP contribution in [0.2, 0.25) is 10.0 Å². The summed E-state index contributed by atoms with van der Waals surface area (Å²) in [7, 11) is 0. The number of imidazole rings is 1. The molecule has 1 fully saturated rings. The highest BCUT2D eigenvalue weighted by Gasteiger charge is 2.25. The van der Waals surface area contributed by atoms with E-state index < -0.39 is 0 Å². The van der Waals surface area contributed by atoms with Crippen LogP contribution in [0.15, 0.2) is 55.0 Å². The van der Waals surface area contributed by atoms with E-state index in [0.717, 1.165) is 54.3 Å². The molecule has 4 aromatic rings. The van der Waals surface area contributed by atoms with Crippen molar-refractivity contribution < 1.29 is 4.79 Å². The molecule has 3 aromatic heterocycles. The minimum absolute atomic E-state index is 0.0439. The Hall–Kier alpha value is -3.49. The molecule has 0 unspecified atom stereocenters. The molecule has 10 heteroatoms. The molecule has 5 heterocycles. The molecule has 0 saturated carbocycles. The Balaban J connectivity index is 1.19. The fraction of sp³-hybridized carbons (Fsp3) is 0.345. The summed E-state index contributed by atoms with van der Waals surface area (Å²) in [6.45, 7) is 6.98. The van der Waals surface area contributed by atoms with E-state index in [1.54, 1.807) is 12.4 Å². The number of benzene rings is 1. The number of piperazine rings is 1. The normalized spacial score (nSPS) is 15.5. The largest absolute Gasteiger partial charge is 0.372 e. The van der Waals surface area contributed by atoms with E-state index in [0.29, 0.717) is 36.2 Å². The molecule has 0 radical (unpaired) electrons. The Morgan fingerprint density at radius 2 is 1.82 bits per heavy atom. The SMILES string of the molecule is CCN1CCCc2cc(-c3nc4ccccn4c3NCC(=O)N3CCN(c4c(Cl)cncc4Cl)CC3)ccc21. The van der Waals surface area contributed by atoms with Gasteiger partial charge in [0.25, 0.3) is 0 Å². The van der Waals surface area contributed by atoms with Crippen LogP contribution >= 0.6 is 23.2 Å². The summed E-state index contributed by atoms with van der Waals surface area (Å²) >= 11 is 12.7. The lowest BCUT2D eigenvalue weighted by atomic mass is 9.98. The van der Waals surface area contributed by atoms with Crippen molar-refractivity contribution in [1.82, 2.24) is 19.3 Å². The van der Waals surface area contributed by atoms with E-state index in [1.165, 1.54) is 11.3 Å². The van der Waals surface area contributed by atoms with Crippen LogP contribution in [-0.4, -0.2) is 71.0 Å². The number of amides is 1. The number of halogens is 2. The Morgan fingerprint density at radius 3 is 2.59 bits per heavy atom. The molecule has 1 N–H and O–H groups in total. The third-order valence-electron chi connectivity index (χ3n) is 7.66. The Bertz CT molecular complexity index is 1490. The second-order valence-corrected chi connectivity index (χ2v) is 10.8. The second kappa shape index (κ2) is 10.9. The Labute approximate surface area is 238 Å². The van der Waals surface area contributed by atoms with Crippen LogP contribution in [0.5, 0.6) is 0 Å². The zero-order valence-electron chi connectivity index (χ0n) is 21.9. The average molecular weight is 565 g/mol.